The minimum Gasteiger partial charge on any atom is -0.382 e. The van der Waals surface area contributed by atoms with E-state index in [0.29, 0.717) is 19.1 Å². The molecule has 0 aliphatic heterocycles. The van der Waals surface area contributed by atoms with Gasteiger partial charge in [0.25, 0.3) is 0 Å². The average molecular weight is 251 g/mol. The predicted molar refractivity (Wildman–Crippen MR) is 74.6 cm³/mol. The maximum atomic E-state index is 5.86. The Morgan fingerprint density at radius 3 is 2.44 bits per heavy atom. The van der Waals surface area contributed by atoms with Gasteiger partial charge in [-0.05, 0) is 18.0 Å². The van der Waals surface area contributed by atoms with Crippen LogP contribution < -0.4 is 5.32 Å². The second-order valence-corrected chi connectivity index (χ2v) is 4.93. The molecule has 0 saturated carbocycles. The van der Waals surface area contributed by atoms with E-state index < -0.39 is 0 Å². The molecular weight excluding hydrogens is 226 g/mol. The van der Waals surface area contributed by atoms with Crippen molar-refractivity contribution in [2.75, 3.05) is 26.8 Å². The van der Waals surface area contributed by atoms with Gasteiger partial charge in [0.15, 0.2) is 0 Å². The minimum absolute atomic E-state index is 0.106. The van der Waals surface area contributed by atoms with Gasteiger partial charge in [0.05, 0.1) is 19.3 Å². The quantitative estimate of drug-likeness (QED) is 0.731. The van der Waals surface area contributed by atoms with E-state index in [9.17, 15) is 0 Å². The molecule has 1 aromatic carbocycles. The van der Waals surface area contributed by atoms with Crippen molar-refractivity contribution in [1.82, 2.24) is 5.32 Å². The molecule has 0 aromatic heterocycles. The summed E-state index contributed by atoms with van der Waals surface area (Å²) in [6, 6.07) is 10.2. The van der Waals surface area contributed by atoms with Gasteiger partial charge >= 0.3 is 0 Å². The lowest BCUT2D eigenvalue weighted by Gasteiger charge is -2.18. The Balaban J connectivity index is 2.28. The molecule has 0 fully saturated rings. The summed E-state index contributed by atoms with van der Waals surface area (Å²) in [6.45, 7) is 7.50. The van der Waals surface area contributed by atoms with E-state index in [1.165, 1.54) is 5.56 Å². The standard InChI is InChI=1S/C15H25NO2/c1-13(2)9-16-10-15(12-17-3)18-11-14-7-5-4-6-8-14/h4-8,13,15-16H,9-12H2,1-3H3. The van der Waals surface area contributed by atoms with Gasteiger partial charge in [-0.15, -0.1) is 0 Å². The van der Waals surface area contributed by atoms with Crippen LogP contribution in [0.2, 0.25) is 0 Å². The van der Waals surface area contributed by atoms with Crippen LogP contribution in [-0.4, -0.2) is 32.9 Å². The second kappa shape index (κ2) is 9.09. The van der Waals surface area contributed by atoms with Crippen molar-refractivity contribution in [1.29, 1.82) is 0 Å². The molecule has 102 valence electrons. The monoisotopic (exact) mass is 251 g/mol. The fraction of sp³-hybridized carbons (Fsp3) is 0.600. The van der Waals surface area contributed by atoms with Gasteiger partial charge in [-0.3, -0.25) is 0 Å². The van der Waals surface area contributed by atoms with Crippen LogP contribution in [0.5, 0.6) is 0 Å². The summed E-state index contributed by atoms with van der Waals surface area (Å²) < 4.78 is 11.0. The zero-order chi connectivity index (χ0) is 13.2. The Hall–Kier alpha value is -0.900. The smallest absolute Gasteiger partial charge is 0.0936 e. The molecule has 3 heteroatoms. The number of nitrogens with one attached hydrogen (secondary N) is 1. The molecule has 1 atom stereocenters. The highest BCUT2D eigenvalue weighted by atomic mass is 16.5. The van der Waals surface area contributed by atoms with Crippen molar-refractivity contribution in [2.24, 2.45) is 5.92 Å². The number of rotatable bonds is 9. The van der Waals surface area contributed by atoms with Crippen LogP contribution in [-0.2, 0) is 16.1 Å². The predicted octanol–water partition coefficient (Wildman–Crippen LogP) is 2.46. The lowest BCUT2D eigenvalue weighted by Crippen LogP contribution is -2.34. The van der Waals surface area contributed by atoms with Gasteiger partial charge in [0.1, 0.15) is 0 Å². The molecule has 0 spiro atoms. The molecule has 1 unspecified atom stereocenters. The molecule has 0 saturated heterocycles. The number of hydrogen-bond donors (Lipinski definition) is 1. The lowest BCUT2D eigenvalue weighted by atomic mass is 10.2. The van der Waals surface area contributed by atoms with E-state index in [1.54, 1.807) is 7.11 Å². The van der Waals surface area contributed by atoms with Crippen molar-refractivity contribution >= 4 is 0 Å². The maximum Gasteiger partial charge on any atom is 0.0936 e. The minimum atomic E-state index is 0.106. The summed E-state index contributed by atoms with van der Waals surface area (Å²) >= 11 is 0. The number of ether oxygens (including phenoxy) is 2. The normalized spacial score (nSPS) is 12.9. The fourth-order valence-electron chi connectivity index (χ4n) is 1.67. The van der Waals surface area contributed by atoms with Crippen molar-refractivity contribution in [2.45, 2.75) is 26.6 Å². The van der Waals surface area contributed by atoms with E-state index in [1.807, 2.05) is 18.2 Å². The summed E-state index contributed by atoms with van der Waals surface area (Å²) in [5.41, 5.74) is 1.20. The Morgan fingerprint density at radius 2 is 1.83 bits per heavy atom. The first-order valence-electron chi connectivity index (χ1n) is 6.57. The van der Waals surface area contributed by atoms with Crippen LogP contribution in [0.25, 0.3) is 0 Å². The number of methoxy groups -OCH3 is 1. The van der Waals surface area contributed by atoms with Crippen LogP contribution in [0.15, 0.2) is 30.3 Å². The third-order valence-electron chi connectivity index (χ3n) is 2.61. The van der Waals surface area contributed by atoms with E-state index in [0.717, 1.165) is 13.1 Å². The van der Waals surface area contributed by atoms with Gasteiger partial charge in [0.2, 0.25) is 0 Å². The largest absolute Gasteiger partial charge is 0.382 e. The van der Waals surface area contributed by atoms with Crippen LogP contribution in [0.1, 0.15) is 19.4 Å². The summed E-state index contributed by atoms with van der Waals surface area (Å²) in [4.78, 5) is 0. The molecule has 0 bridgehead atoms. The second-order valence-electron chi connectivity index (χ2n) is 4.93. The van der Waals surface area contributed by atoms with Crippen molar-refractivity contribution in [3.8, 4) is 0 Å². The maximum absolute atomic E-state index is 5.86. The van der Waals surface area contributed by atoms with Crippen LogP contribution in [0, 0.1) is 5.92 Å². The van der Waals surface area contributed by atoms with Crippen LogP contribution in [0.4, 0.5) is 0 Å². The summed E-state index contributed by atoms with van der Waals surface area (Å²) in [5, 5.41) is 3.40. The van der Waals surface area contributed by atoms with Gasteiger partial charge in [-0.2, -0.15) is 0 Å². The first kappa shape index (κ1) is 15.2. The molecule has 1 N–H and O–H groups in total. The highest BCUT2D eigenvalue weighted by molar-refractivity contribution is 5.13. The van der Waals surface area contributed by atoms with Gasteiger partial charge in [0, 0.05) is 13.7 Å². The fourth-order valence-corrected chi connectivity index (χ4v) is 1.67. The number of hydrogen-bond acceptors (Lipinski definition) is 3. The first-order valence-corrected chi connectivity index (χ1v) is 6.57. The molecule has 1 aromatic rings. The topological polar surface area (TPSA) is 30.5 Å². The molecule has 3 nitrogen and oxygen atoms in total. The van der Waals surface area contributed by atoms with E-state index in [2.05, 4.69) is 31.3 Å². The van der Waals surface area contributed by atoms with Crippen molar-refractivity contribution in [3.05, 3.63) is 35.9 Å². The highest BCUT2D eigenvalue weighted by Crippen LogP contribution is 2.03. The van der Waals surface area contributed by atoms with Crippen molar-refractivity contribution < 1.29 is 9.47 Å². The molecular formula is C15H25NO2. The molecule has 0 aliphatic carbocycles. The summed E-state index contributed by atoms with van der Waals surface area (Å²) in [6.07, 6.45) is 0.106. The van der Waals surface area contributed by atoms with Gasteiger partial charge < -0.3 is 14.8 Å². The highest BCUT2D eigenvalue weighted by Gasteiger charge is 2.09. The summed E-state index contributed by atoms with van der Waals surface area (Å²) in [5.74, 6) is 0.655. The van der Waals surface area contributed by atoms with E-state index in [-0.39, 0.29) is 6.10 Å². The SMILES string of the molecule is COCC(CNCC(C)C)OCc1ccccc1. The van der Waals surface area contributed by atoms with Gasteiger partial charge in [-0.1, -0.05) is 44.2 Å². The zero-order valence-corrected chi connectivity index (χ0v) is 11.7. The molecule has 0 aliphatic rings. The number of benzene rings is 1. The van der Waals surface area contributed by atoms with Gasteiger partial charge in [-0.25, -0.2) is 0 Å². The van der Waals surface area contributed by atoms with Crippen LogP contribution >= 0.6 is 0 Å². The Labute approximate surface area is 110 Å². The first-order chi connectivity index (χ1) is 8.72. The van der Waals surface area contributed by atoms with Crippen molar-refractivity contribution in [3.63, 3.8) is 0 Å². The summed E-state index contributed by atoms with van der Waals surface area (Å²) in [7, 11) is 1.71. The Morgan fingerprint density at radius 1 is 1.11 bits per heavy atom. The zero-order valence-electron chi connectivity index (χ0n) is 11.7. The molecule has 0 amide bonds. The van der Waals surface area contributed by atoms with E-state index >= 15 is 0 Å². The molecule has 1 rings (SSSR count). The molecule has 0 heterocycles. The third-order valence-corrected chi connectivity index (χ3v) is 2.61. The van der Waals surface area contributed by atoms with Crippen LogP contribution in [0.3, 0.4) is 0 Å². The third kappa shape index (κ3) is 6.74. The Bertz CT molecular complexity index is 301. The molecule has 0 radical (unpaired) electrons. The molecule has 18 heavy (non-hydrogen) atoms. The lowest BCUT2D eigenvalue weighted by molar-refractivity contribution is -0.0103. The van der Waals surface area contributed by atoms with E-state index in [4.69, 9.17) is 9.47 Å². The average Bonchev–Trinajstić information content (AvgIpc) is 2.37. The Kier molecular flexibility index (Phi) is 7.65.